The van der Waals surface area contributed by atoms with Crippen molar-refractivity contribution in [2.75, 3.05) is 13.1 Å². The van der Waals surface area contributed by atoms with Crippen LogP contribution in [0.3, 0.4) is 0 Å². The highest BCUT2D eigenvalue weighted by Crippen LogP contribution is 2.46. The largest absolute Gasteiger partial charge is 0.298 e. The molecule has 1 aromatic rings. The van der Waals surface area contributed by atoms with Gasteiger partial charge in [0.25, 0.3) is 0 Å². The smallest absolute Gasteiger partial charge is 0.0234 e. The number of hydrogen-bond donors (Lipinski definition) is 0. The van der Waals surface area contributed by atoms with Crippen LogP contribution in [0, 0.1) is 11.3 Å². The molecule has 1 aromatic carbocycles. The monoisotopic (exact) mass is 227 g/mol. The van der Waals surface area contributed by atoms with Crippen LogP contribution in [-0.4, -0.2) is 18.0 Å². The summed E-state index contributed by atoms with van der Waals surface area (Å²) < 4.78 is 0. The lowest BCUT2D eigenvalue weighted by atomic mass is 9.79. The van der Waals surface area contributed by atoms with E-state index in [-0.39, 0.29) is 0 Å². The molecular formula is C16H21N. The van der Waals surface area contributed by atoms with Crippen molar-refractivity contribution in [1.29, 1.82) is 0 Å². The van der Waals surface area contributed by atoms with E-state index in [2.05, 4.69) is 54.3 Å². The number of allylic oxidation sites excluding steroid dienone is 1. The van der Waals surface area contributed by atoms with E-state index in [1.807, 2.05) is 0 Å². The van der Waals surface area contributed by atoms with Gasteiger partial charge < -0.3 is 0 Å². The minimum Gasteiger partial charge on any atom is -0.298 e. The Labute approximate surface area is 104 Å². The third-order valence-electron chi connectivity index (χ3n) is 4.59. The average molecular weight is 227 g/mol. The molecule has 0 amide bonds. The average Bonchev–Trinajstić information content (AvgIpc) is 2.87. The molecule has 90 valence electrons. The summed E-state index contributed by atoms with van der Waals surface area (Å²) in [6, 6.07) is 10.9. The van der Waals surface area contributed by atoms with Crippen molar-refractivity contribution < 1.29 is 0 Å². The Morgan fingerprint density at radius 2 is 2.12 bits per heavy atom. The molecule has 2 atom stereocenters. The van der Waals surface area contributed by atoms with Crippen LogP contribution in [0.5, 0.6) is 0 Å². The summed E-state index contributed by atoms with van der Waals surface area (Å²) in [4.78, 5) is 2.63. The highest BCUT2D eigenvalue weighted by Gasteiger charge is 2.44. The van der Waals surface area contributed by atoms with Crippen LogP contribution >= 0.6 is 0 Å². The molecule has 1 saturated heterocycles. The van der Waals surface area contributed by atoms with E-state index in [1.165, 1.54) is 31.5 Å². The molecule has 2 unspecified atom stereocenters. The molecule has 0 radical (unpaired) electrons. The lowest BCUT2D eigenvalue weighted by Gasteiger charge is -2.25. The number of fused-ring (bicyclic) bond motifs is 1. The Bertz CT molecular complexity index is 409. The summed E-state index contributed by atoms with van der Waals surface area (Å²) in [7, 11) is 0. The van der Waals surface area contributed by atoms with Gasteiger partial charge >= 0.3 is 0 Å². The van der Waals surface area contributed by atoms with E-state index in [4.69, 9.17) is 0 Å². The predicted molar refractivity (Wildman–Crippen MR) is 71.7 cm³/mol. The Balaban J connectivity index is 1.70. The SMILES string of the molecule is CCC12C=CCC1CN(Cc1ccccc1)C2. The van der Waals surface area contributed by atoms with E-state index in [0.29, 0.717) is 5.41 Å². The van der Waals surface area contributed by atoms with Crippen LogP contribution in [0.4, 0.5) is 0 Å². The highest BCUT2D eigenvalue weighted by atomic mass is 15.2. The molecule has 0 spiro atoms. The first-order valence-electron chi connectivity index (χ1n) is 6.76. The van der Waals surface area contributed by atoms with Crippen molar-refractivity contribution in [3.63, 3.8) is 0 Å². The molecule has 3 rings (SSSR count). The second-order valence-electron chi connectivity index (χ2n) is 5.58. The molecule has 1 heteroatoms. The molecule has 0 N–H and O–H groups in total. The Hall–Kier alpha value is -1.08. The van der Waals surface area contributed by atoms with Crippen LogP contribution in [0.25, 0.3) is 0 Å². The zero-order valence-electron chi connectivity index (χ0n) is 10.6. The van der Waals surface area contributed by atoms with Crippen molar-refractivity contribution >= 4 is 0 Å². The van der Waals surface area contributed by atoms with E-state index in [9.17, 15) is 0 Å². The Morgan fingerprint density at radius 1 is 1.29 bits per heavy atom. The molecular weight excluding hydrogens is 206 g/mol. The van der Waals surface area contributed by atoms with Crippen LogP contribution in [0.15, 0.2) is 42.5 Å². The van der Waals surface area contributed by atoms with E-state index < -0.39 is 0 Å². The predicted octanol–water partition coefficient (Wildman–Crippen LogP) is 3.47. The maximum atomic E-state index is 2.63. The summed E-state index contributed by atoms with van der Waals surface area (Å²) >= 11 is 0. The summed E-state index contributed by atoms with van der Waals surface area (Å²) in [5.74, 6) is 0.871. The van der Waals surface area contributed by atoms with Gasteiger partial charge in [0, 0.05) is 25.0 Å². The van der Waals surface area contributed by atoms with Gasteiger partial charge in [0.15, 0.2) is 0 Å². The lowest BCUT2D eigenvalue weighted by molar-refractivity contribution is 0.281. The Morgan fingerprint density at radius 3 is 2.82 bits per heavy atom. The maximum Gasteiger partial charge on any atom is 0.0234 e. The van der Waals surface area contributed by atoms with Gasteiger partial charge in [-0.3, -0.25) is 4.90 Å². The number of benzene rings is 1. The molecule has 17 heavy (non-hydrogen) atoms. The first-order valence-corrected chi connectivity index (χ1v) is 6.76. The molecule has 0 bridgehead atoms. The fraction of sp³-hybridized carbons (Fsp3) is 0.500. The van der Waals surface area contributed by atoms with E-state index >= 15 is 0 Å². The number of likely N-dealkylation sites (tertiary alicyclic amines) is 1. The quantitative estimate of drug-likeness (QED) is 0.715. The molecule has 1 fully saturated rings. The summed E-state index contributed by atoms with van der Waals surface area (Å²) in [6.45, 7) is 5.98. The van der Waals surface area contributed by atoms with Gasteiger partial charge in [-0.05, 0) is 24.3 Å². The van der Waals surface area contributed by atoms with Crippen LogP contribution in [-0.2, 0) is 6.54 Å². The van der Waals surface area contributed by atoms with Gasteiger partial charge in [-0.1, -0.05) is 49.4 Å². The van der Waals surface area contributed by atoms with Crippen molar-refractivity contribution in [2.24, 2.45) is 11.3 Å². The fourth-order valence-corrected chi connectivity index (χ4v) is 3.55. The van der Waals surface area contributed by atoms with Crippen molar-refractivity contribution in [3.8, 4) is 0 Å². The topological polar surface area (TPSA) is 3.24 Å². The molecule has 1 aliphatic carbocycles. The standard InChI is InChI=1S/C16H21N/c1-2-16-10-6-9-15(16)12-17(13-16)11-14-7-4-3-5-8-14/h3-8,10,15H,2,9,11-13H2,1H3. The van der Waals surface area contributed by atoms with Gasteiger partial charge in [0.2, 0.25) is 0 Å². The Kier molecular flexibility index (Phi) is 2.79. The zero-order chi connectivity index (χ0) is 11.7. The van der Waals surface area contributed by atoms with Crippen LogP contribution in [0.1, 0.15) is 25.3 Å². The first-order chi connectivity index (χ1) is 8.32. The maximum absolute atomic E-state index is 2.63. The summed E-state index contributed by atoms with van der Waals surface area (Å²) in [5, 5.41) is 0. The normalized spacial score (nSPS) is 31.9. The molecule has 0 saturated carbocycles. The number of hydrogen-bond acceptors (Lipinski definition) is 1. The van der Waals surface area contributed by atoms with Gasteiger partial charge in [0.1, 0.15) is 0 Å². The van der Waals surface area contributed by atoms with Gasteiger partial charge in [-0.2, -0.15) is 0 Å². The molecule has 0 aromatic heterocycles. The van der Waals surface area contributed by atoms with Crippen molar-refractivity contribution in [2.45, 2.75) is 26.3 Å². The van der Waals surface area contributed by atoms with Gasteiger partial charge in [-0.25, -0.2) is 0 Å². The first kappa shape index (κ1) is 11.0. The van der Waals surface area contributed by atoms with Crippen molar-refractivity contribution in [1.82, 2.24) is 4.90 Å². The highest BCUT2D eigenvalue weighted by molar-refractivity contribution is 5.18. The molecule has 1 aliphatic heterocycles. The fourth-order valence-electron chi connectivity index (χ4n) is 3.55. The van der Waals surface area contributed by atoms with Crippen LogP contribution in [0.2, 0.25) is 0 Å². The third-order valence-corrected chi connectivity index (χ3v) is 4.59. The second kappa shape index (κ2) is 4.30. The summed E-state index contributed by atoms with van der Waals surface area (Å²) in [6.07, 6.45) is 7.47. The van der Waals surface area contributed by atoms with Crippen LogP contribution < -0.4 is 0 Å². The second-order valence-corrected chi connectivity index (χ2v) is 5.58. The summed E-state index contributed by atoms with van der Waals surface area (Å²) in [5.41, 5.74) is 1.94. The number of rotatable bonds is 3. The van der Waals surface area contributed by atoms with Crippen molar-refractivity contribution in [3.05, 3.63) is 48.0 Å². The lowest BCUT2D eigenvalue weighted by Crippen LogP contribution is -2.25. The third kappa shape index (κ3) is 1.93. The van der Waals surface area contributed by atoms with E-state index in [0.717, 1.165) is 12.5 Å². The van der Waals surface area contributed by atoms with E-state index in [1.54, 1.807) is 0 Å². The minimum absolute atomic E-state index is 0.495. The minimum atomic E-state index is 0.495. The zero-order valence-corrected chi connectivity index (χ0v) is 10.6. The number of nitrogens with zero attached hydrogens (tertiary/aromatic N) is 1. The molecule has 2 aliphatic rings. The molecule has 1 nitrogen and oxygen atoms in total. The van der Waals surface area contributed by atoms with Gasteiger partial charge in [-0.15, -0.1) is 0 Å². The molecule has 1 heterocycles. The van der Waals surface area contributed by atoms with Gasteiger partial charge in [0.05, 0.1) is 0 Å².